The molecule has 0 saturated heterocycles. The summed E-state index contributed by atoms with van der Waals surface area (Å²) in [5.41, 5.74) is 0.760. The van der Waals surface area contributed by atoms with Crippen LogP contribution in [0.25, 0.3) is 0 Å². The van der Waals surface area contributed by atoms with Crippen LogP contribution in [0.4, 0.5) is 0 Å². The van der Waals surface area contributed by atoms with Gasteiger partial charge in [0.25, 0.3) is 0 Å². The van der Waals surface area contributed by atoms with E-state index >= 15 is 0 Å². The monoisotopic (exact) mass is 156 g/mol. The van der Waals surface area contributed by atoms with E-state index < -0.39 is 11.8 Å². The molecule has 1 aliphatic rings. The molecule has 0 aromatic rings. The number of carboxylic acid groups (broad SMARTS) is 1. The highest BCUT2D eigenvalue weighted by atomic mass is 16.6. The van der Waals surface area contributed by atoms with Crippen molar-refractivity contribution in [3.05, 3.63) is 24.0 Å². The Morgan fingerprint density at radius 2 is 2.36 bits per heavy atom. The number of hydrogen-bond acceptors (Lipinski definition) is 3. The Morgan fingerprint density at radius 3 is 2.73 bits per heavy atom. The van der Waals surface area contributed by atoms with E-state index in [1.54, 1.807) is 6.92 Å². The Labute approximate surface area is 63.4 Å². The second-order valence-corrected chi connectivity index (χ2v) is 2.31. The summed E-state index contributed by atoms with van der Waals surface area (Å²) in [6.45, 7) is 1.73. The van der Waals surface area contributed by atoms with Gasteiger partial charge in [-0.1, -0.05) is 6.08 Å². The van der Waals surface area contributed by atoms with E-state index in [4.69, 9.17) is 10.2 Å². The Hall–Kier alpha value is -1.29. The number of rotatable bonds is 1. The third kappa shape index (κ3) is 1.40. The summed E-state index contributed by atoms with van der Waals surface area (Å²) in [6.07, 6.45) is 3.77. The summed E-state index contributed by atoms with van der Waals surface area (Å²) in [5.74, 6) is -3.60. The summed E-state index contributed by atoms with van der Waals surface area (Å²) in [5, 5.41) is 17.5. The standard InChI is InChI=1S/C7H8O4/c1-5-2-3-7(10,6(8)9)11-4-5/h2-4,10H,1H3,(H,8,9). The number of carboxylic acids is 1. The highest BCUT2D eigenvalue weighted by molar-refractivity contribution is 5.78. The molecule has 0 spiro atoms. The van der Waals surface area contributed by atoms with Gasteiger partial charge in [-0.25, -0.2) is 4.79 Å². The number of allylic oxidation sites excluding steroid dienone is 2. The smallest absolute Gasteiger partial charge is 0.381 e. The van der Waals surface area contributed by atoms with Gasteiger partial charge in [0.1, 0.15) is 0 Å². The number of aliphatic carboxylic acids is 1. The van der Waals surface area contributed by atoms with Crippen LogP contribution in [0, 0.1) is 0 Å². The van der Waals surface area contributed by atoms with Crippen molar-refractivity contribution in [2.24, 2.45) is 0 Å². The number of aliphatic hydroxyl groups is 1. The molecule has 60 valence electrons. The first kappa shape index (κ1) is 7.81. The minimum atomic E-state index is -2.18. The molecule has 0 aliphatic carbocycles. The summed E-state index contributed by atoms with van der Waals surface area (Å²) in [7, 11) is 0. The number of carbonyl (C=O) groups is 1. The molecule has 0 aromatic heterocycles. The molecule has 1 rings (SSSR count). The van der Waals surface area contributed by atoms with Crippen molar-refractivity contribution in [3.8, 4) is 0 Å². The molecule has 1 aliphatic heterocycles. The highest BCUT2D eigenvalue weighted by Crippen LogP contribution is 2.17. The molecule has 4 nitrogen and oxygen atoms in total. The van der Waals surface area contributed by atoms with Crippen LogP contribution in [0.15, 0.2) is 24.0 Å². The predicted molar refractivity (Wildman–Crippen MR) is 36.6 cm³/mol. The largest absolute Gasteiger partial charge is 0.476 e. The fraction of sp³-hybridized carbons (Fsp3) is 0.286. The minimum Gasteiger partial charge on any atom is -0.476 e. The molecular weight excluding hydrogens is 148 g/mol. The number of ether oxygens (including phenoxy) is 1. The molecule has 0 fully saturated rings. The first-order valence-corrected chi connectivity index (χ1v) is 3.04. The molecule has 0 bridgehead atoms. The van der Waals surface area contributed by atoms with Gasteiger partial charge in [-0.2, -0.15) is 0 Å². The van der Waals surface area contributed by atoms with E-state index in [1.165, 1.54) is 12.3 Å². The maximum atomic E-state index is 10.3. The summed E-state index contributed by atoms with van der Waals surface area (Å²) in [6, 6.07) is 0. The van der Waals surface area contributed by atoms with Crippen LogP contribution in [0.2, 0.25) is 0 Å². The van der Waals surface area contributed by atoms with Gasteiger partial charge >= 0.3 is 11.8 Å². The molecule has 4 heteroatoms. The molecular formula is C7H8O4. The van der Waals surface area contributed by atoms with Gasteiger partial charge in [-0.05, 0) is 18.6 Å². The zero-order chi connectivity index (χ0) is 8.48. The summed E-state index contributed by atoms with van der Waals surface area (Å²) in [4.78, 5) is 10.3. The molecule has 0 amide bonds. The molecule has 1 heterocycles. The van der Waals surface area contributed by atoms with Gasteiger partial charge in [0.15, 0.2) is 0 Å². The van der Waals surface area contributed by atoms with Crippen molar-refractivity contribution >= 4 is 5.97 Å². The fourth-order valence-electron chi connectivity index (χ4n) is 0.627. The lowest BCUT2D eigenvalue weighted by Gasteiger charge is -2.21. The fourth-order valence-corrected chi connectivity index (χ4v) is 0.627. The van der Waals surface area contributed by atoms with E-state index in [-0.39, 0.29) is 0 Å². The Morgan fingerprint density at radius 1 is 1.73 bits per heavy atom. The van der Waals surface area contributed by atoms with E-state index in [0.29, 0.717) is 0 Å². The van der Waals surface area contributed by atoms with Crippen LogP contribution in [0.5, 0.6) is 0 Å². The van der Waals surface area contributed by atoms with Gasteiger partial charge in [0.05, 0.1) is 6.26 Å². The van der Waals surface area contributed by atoms with Crippen LogP contribution in [-0.2, 0) is 9.53 Å². The van der Waals surface area contributed by atoms with E-state index in [2.05, 4.69) is 4.74 Å². The molecule has 11 heavy (non-hydrogen) atoms. The summed E-state index contributed by atoms with van der Waals surface area (Å²) < 4.78 is 4.55. The van der Waals surface area contributed by atoms with Crippen molar-refractivity contribution in [1.29, 1.82) is 0 Å². The Kier molecular flexibility index (Phi) is 1.70. The van der Waals surface area contributed by atoms with Crippen molar-refractivity contribution in [1.82, 2.24) is 0 Å². The lowest BCUT2D eigenvalue weighted by Crippen LogP contribution is -2.38. The lowest BCUT2D eigenvalue weighted by atomic mass is 10.2. The second kappa shape index (κ2) is 2.39. The van der Waals surface area contributed by atoms with E-state index in [9.17, 15) is 4.79 Å². The van der Waals surface area contributed by atoms with Crippen LogP contribution in [-0.4, -0.2) is 22.0 Å². The van der Waals surface area contributed by atoms with Gasteiger partial charge in [0, 0.05) is 0 Å². The maximum absolute atomic E-state index is 10.3. The Balaban J connectivity index is 2.82. The molecule has 1 atom stereocenters. The molecule has 0 aromatic carbocycles. The highest BCUT2D eigenvalue weighted by Gasteiger charge is 2.35. The van der Waals surface area contributed by atoms with E-state index in [1.807, 2.05) is 0 Å². The quantitative estimate of drug-likeness (QED) is 0.571. The molecule has 0 radical (unpaired) electrons. The molecule has 0 saturated carbocycles. The predicted octanol–water partition coefficient (Wildman–Crippen LogP) is 0.250. The normalized spacial score (nSPS) is 29.1. The zero-order valence-electron chi connectivity index (χ0n) is 5.94. The topological polar surface area (TPSA) is 66.8 Å². The summed E-state index contributed by atoms with van der Waals surface area (Å²) >= 11 is 0. The van der Waals surface area contributed by atoms with Gasteiger partial charge in [-0.3, -0.25) is 0 Å². The SMILES string of the molecule is CC1=COC(O)(C(=O)O)C=C1. The number of hydrogen-bond donors (Lipinski definition) is 2. The van der Waals surface area contributed by atoms with Crippen LogP contribution in [0.3, 0.4) is 0 Å². The Bertz CT molecular complexity index is 241. The van der Waals surface area contributed by atoms with Crippen LogP contribution >= 0.6 is 0 Å². The van der Waals surface area contributed by atoms with Crippen molar-refractivity contribution in [2.45, 2.75) is 12.7 Å². The maximum Gasteiger partial charge on any atom is 0.381 e. The zero-order valence-corrected chi connectivity index (χ0v) is 5.94. The lowest BCUT2D eigenvalue weighted by molar-refractivity contribution is -0.189. The van der Waals surface area contributed by atoms with Gasteiger partial charge in [0.2, 0.25) is 0 Å². The minimum absolute atomic E-state index is 0.760. The average molecular weight is 156 g/mol. The third-order valence-electron chi connectivity index (χ3n) is 1.30. The average Bonchev–Trinajstić information content (AvgIpc) is 1.95. The van der Waals surface area contributed by atoms with Crippen molar-refractivity contribution in [3.63, 3.8) is 0 Å². The third-order valence-corrected chi connectivity index (χ3v) is 1.30. The molecule has 2 N–H and O–H groups in total. The van der Waals surface area contributed by atoms with Gasteiger partial charge < -0.3 is 14.9 Å². The van der Waals surface area contributed by atoms with Gasteiger partial charge in [-0.15, -0.1) is 0 Å². The van der Waals surface area contributed by atoms with Crippen molar-refractivity contribution < 1.29 is 19.7 Å². The second-order valence-electron chi connectivity index (χ2n) is 2.31. The van der Waals surface area contributed by atoms with E-state index in [0.717, 1.165) is 11.6 Å². The van der Waals surface area contributed by atoms with Crippen LogP contribution in [0.1, 0.15) is 6.92 Å². The first-order valence-electron chi connectivity index (χ1n) is 3.04. The molecule has 1 unspecified atom stereocenters. The van der Waals surface area contributed by atoms with Crippen LogP contribution < -0.4 is 0 Å². The van der Waals surface area contributed by atoms with Crippen molar-refractivity contribution in [2.75, 3.05) is 0 Å². The first-order chi connectivity index (χ1) is 5.04.